The van der Waals surface area contributed by atoms with Crippen molar-refractivity contribution in [1.29, 1.82) is 0 Å². The molecule has 1 amide bonds. The standard InChI is InChI=1S/C20H23N3O3/c1-26-17-6-4-15(5-7-17)19(24)8-9-20(25)23-12-2-3-16(13-23)18-10-11-21-14-22-18/h4-7,10-11,14,16H,2-3,8-9,12-13H2,1H3/t16-/m0/s1. The molecule has 0 saturated carbocycles. The second-order valence-corrected chi connectivity index (χ2v) is 6.46. The van der Waals surface area contributed by atoms with Gasteiger partial charge in [0, 0.05) is 49.3 Å². The molecule has 1 aliphatic heterocycles. The lowest BCUT2D eigenvalue weighted by Gasteiger charge is -2.32. The lowest BCUT2D eigenvalue weighted by Crippen LogP contribution is -2.39. The fourth-order valence-electron chi connectivity index (χ4n) is 3.29. The minimum Gasteiger partial charge on any atom is -0.497 e. The highest BCUT2D eigenvalue weighted by molar-refractivity contribution is 5.98. The van der Waals surface area contributed by atoms with Gasteiger partial charge in [0.15, 0.2) is 5.78 Å². The third kappa shape index (κ3) is 4.45. The van der Waals surface area contributed by atoms with Crippen LogP contribution in [0, 0.1) is 0 Å². The zero-order valence-electron chi connectivity index (χ0n) is 14.9. The van der Waals surface area contributed by atoms with Gasteiger partial charge >= 0.3 is 0 Å². The number of carbonyl (C=O) groups is 2. The number of ketones is 1. The van der Waals surface area contributed by atoms with Crippen molar-refractivity contribution < 1.29 is 14.3 Å². The molecule has 6 heteroatoms. The topological polar surface area (TPSA) is 72.4 Å². The Hall–Kier alpha value is -2.76. The first kappa shape index (κ1) is 18.0. The molecule has 26 heavy (non-hydrogen) atoms. The molecule has 0 radical (unpaired) electrons. The third-order valence-corrected chi connectivity index (χ3v) is 4.78. The molecule has 2 heterocycles. The Bertz CT molecular complexity index is 747. The van der Waals surface area contributed by atoms with E-state index in [1.165, 1.54) is 0 Å². The van der Waals surface area contributed by atoms with Crippen molar-refractivity contribution in [2.24, 2.45) is 0 Å². The molecule has 0 aliphatic carbocycles. The maximum atomic E-state index is 12.5. The molecule has 1 fully saturated rings. The number of ether oxygens (including phenoxy) is 1. The van der Waals surface area contributed by atoms with Gasteiger partial charge in [0.2, 0.25) is 5.91 Å². The average Bonchev–Trinajstić information content (AvgIpc) is 2.72. The molecule has 0 N–H and O–H groups in total. The van der Waals surface area contributed by atoms with Crippen LogP contribution >= 0.6 is 0 Å². The molecule has 136 valence electrons. The summed E-state index contributed by atoms with van der Waals surface area (Å²) in [6.07, 6.45) is 5.71. The summed E-state index contributed by atoms with van der Waals surface area (Å²) in [5.41, 5.74) is 1.59. The zero-order chi connectivity index (χ0) is 18.4. The van der Waals surface area contributed by atoms with Gasteiger partial charge < -0.3 is 9.64 Å². The highest BCUT2D eigenvalue weighted by Crippen LogP contribution is 2.25. The van der Waals surface area contributed by atoms with Crippen LogP contribution in [0.15, 0.2) is 42.9 Å². The molecule has 6 nitrogen and oxygen atoms in total. The minimum atomic E-state index is -0.0228. The van der Waals surface area contributed by atoms with Gasteiger partial charge in [-0.15, -0.1) is 0 Å². The molecule has 0 bridgehead atoms. The Morgan fingerprint density at radius 1 is 1.19 bits per heavy atom. The van der Waals surface area contributed by atoms with E-state index in [0.717, 1.165) is 25.1 Å². The number of hydrogen-bond acceptors (Lipinski definition) is 5. The summed E-state index contributed by atoms with van der Waals surface area (Å²) in [7, 11) is 1.59. The molecule has 1 aromatic heterocycles. The molecule has 0 unspecified atom stereocenters. The van der Waals surface area contributed by atoms with Crippen LogP contribution in [0.5, 0.6) is 5.75 Å². The number of methoxy groups -OCH3 is 1. The predicted octanol–water partition coefficient (Wildman–Crippen LogP) is 2.85. The highest BCUT2D eigenvalue weighted by Gasteiger charge is 2.25. The van der Waals surface area contributed by atoms with E-state index in [9.17, 15) is 9.59 Å². The van der Waals surface area contributed by atoms with Gasteiger partial charge in [0.05, 0.1) is 7.11 Å². The Morgan fingerprint density at radius 2 is 2.00 bits per heavy atom. The molecule has 1 aromatic carbocycles. The van der Waals surface area contributed by atoms with Crippen LogP contribution in [0.4, 0.5) is 0 Å². The number of Topliss-reactive ketones (excluding diaryl/α,β-unsaturated/α-hetero) is 1. The third-order valence-electron chi connectivity index (χ3n) is 4.78. The molecule has 1 saturated heterocycles. The number of amides is 1. The van der Waals surface area contributed by atoms with Gasteiger partial charge in [0.1, 0.15) is 12.1 Å². The lowest BCUT2D eigenvalue weighted by molar-refractivity contribution is -0.132. The van der Waals surface area contributed by atoms with Crippen LogP contribution in [-0.4, -0.2) is 46.8 Å². The fraction of sp³-hybridized carbons (Fsp3) is 0.400. The largest absolute Gasteiger partial charge is 0.497 e. The first-order valence-electron chi connectivity index (χ1n) is 8.88. The van der Waals surface area contributed by atoms with Crippen LogP contribution in [0.25, 0.3) is 0 Å². The van der Waals surface area contributed by atoms with E-state index >= 15 is 0 Å². The smallest absolute Gasteiger partial charge is 0.223 e. The van der Waals surface area contributed by atoms with Gasteiger partial charge in [0.25, 0.3) is 0 Å². The Balaban J connectivity index is 1.53. The Labute approximate surface area is 153 Å². The van der Waals surface area contributed by atoms with Crippen molar-refractivity contribution in [3.05, 3.63) is 54.1 Å². The van der Waals surface area contributed by atoms with E-state index in [4.69, 9.17) is 4.74 Å². The van der Waals surface area contributed by atoms with Crippen molar-refractivity contribution in [1.82, 2.24) is 14.9 Å². The number of rotatable bonds is 6. The van der Waals surface area contributed by atoms with E-state index < -0.39 is 0 Å². The number of piperidine rings is 1. The molecular weight excluding hydrogens is 330 g/mol. The zero-order valence-corrected chi connectivity index (χ0v) is 14.9. The van der Waals surface area contributed by atoms with Crippen molar-refractivity contribution in [2.45, 2.75) is 31.6 Å². The SMILES string of the molecule is COc1ccc(C(=O)CCC(=O)N2CCC[C@H](c3ccncn3)C2)cc1. The predicted molar refractivity (Wildman–Crippen MR) is 97.1 cm³/mol. The molecule has 3 rings (SSSR count). The summed E-state index contributed by atoms with van der Waals surface area (Å²) in [5, 5.41) is 0. The maximum Gasteiger partial charge on any atom is 0.223 e. The van der Waals surface area contributed by atoms with Crippen molar-refractivity contribution >= 4 is 11.7 Å². The van der Waals surface area contributed by atoms with Crippen LogP contribution in [0.2, 0.25) is 0 Å². The van der Waals surface area contributed by atoms with E-state index in [0.29, 0.717) is 17.9 Å². The van der Waals surface area contributed by atoms with Gasteiger partial charge in [-0.25, -0.2) is 9.97 Å². The highest BCUT2D eigenvalue weighted by atomic mass is 16.5. The molecule has 0 spiro atoms. The van der Waals surface area contributed by atoms with Gasteiger partial charge in [-0.05, 0) is 43.2 Å². The molecular formula is C20H23N3O3. The Morgan fingerprint density at radius 3 is 2.69 bits per heavy atom. The summed E-state index contributed by atoms with van der Waals surface area (Å²) >= 11 is 0. The number of likely N-dealkylation sites (tertiary alicyclic amines) is 1. The quantitative estimate of drug-likeness (QED) is 0.747. The number of nitrogens with zero attached hydrogens (tertiary/aromatic N) is 3. The van der Waals surface area contributed by atoms with Gasteiger partial charge in [-0.3, -0.25) is 9.59 Å². The van der Waals surface area contributed by atoms with Crippen molar-refractivity contribution in [2.75, 3.05) is 20.2 Å². The van der Waals surface area contributed by atoms with Crippen LogP contribution in [0.3, 0.4) is 0 Å². The fourth-order valence-corrected chi connectivity index (χ4v) is 3.29. The van der Waals surface area contributed by atoms with Crippen molar-refractivity contribution in [3.8, 4) is 5.75 Å². The lowest BCUT2D eigenvalue weighted by atomic mass is 9.94. The first-order chi connectivity index (χ1) is 12.7. The van der Waals surface area contributed by atoms with Crippen LogP contribution in [0.1, 0.15) is 47.7 Å². The van der Waals surface area contributed by atoms with E-state index in [2.05, 4.69) is 9.97 Å². The van der Waals surface area contributed by atoms with Crippen LogP contribution in [-0.2, 0) is 4.79 Å². The van der Waals surface area contributed by atoms with E-state index in [-0.39, 0.29) is 30.4 Å². The molecule has 2 aromatic rings. The van der Waals surface area contributed by atoms with Crippen LogP contribution < -0.4 is 4.74 Å². The summed E-state index contributed by atoms with van der Waals surface area (Å²) in [4.78, 5) is 34.9. The average molecular weight is 353 g/mol. The maximum absolute atomic E-state index is 12.5. The normalized spacial score (nSPS) is 17.0. The van der Waals surface area contributed by atoms with E-state index in [1.807, 2.05) is 11.0 Å². The molecule has 1 aliphatic rings. The van der Waals surface area contributed by atoms with Crippen molar-refractivity contribution in [3.63, 3.8) is 0 Å². The number of benzene rings is 1. The second-order valence-electron chi connectivity index (χ2n) is 6.46. The summed E-state index contributed by atoms with van der Waals surface area (Å²) in [5.74, 6) is 0.964. The minimum absolute atomic E-state index is 0.0228. The van der Waals surface area contributed by atoms with E-state index in [1.54, 1.807) is 43.9 Å². The number of hydrogen-bond donors (Lipinski definition) is 0. The molecule has 1 atom stereocenters. The second kappa shape index (κ2) is 8.56. The first-order valence-corrected chi connectivity index (χ1v) is 8.88. The van der Waals surface area contributed by atoms with Gasteiger partial charge in [-0.2, -0.15) is 0 Å². The Kier molecular flexibility index (Phi) is 5.94. The summed E-state index contributed by atoms with van der Waals surface area (Å²) < 4.78 is 5.09. The summed E-state index contributed by atoms with van der Waals surface area (Å²) in [6, 6.07) is 8.89. The monoisotopic (exact) mass is 353 g/mol. The van der Waals surface area contributed by atoms with Gasteiger partial charge in [-0.1, -0.05) is 0 Å². The number of carbonyl (C=O) groups excluding carboxylic acids is 2. The number of aromatic nitrogens is 2. The summed E-state index contributed by atoms with van der Waals surface area (Å²) in [6.45, 7) is 1.41.